The number of amides is 5. The number of carbonyl (C=O) groups excluding carboxylic acids is 4. The maximum absolute atomic E-state index is 12.5. The van der Waals surface area contributed by atoms with Crippen molar-refractivity contribution in [3.8, 4) is 0 Å². The fraction of sp³-hybridized carbons (Fsp3) is 0.778. The minimum absolute atomic E-state index is 0.108. The number of likely N-dealkylation sites (N-methyl/N-ethyl adjacent to an activating group) is 1. The van der Waals surface area contributed by atoms with E-state index in [2.05, 4.69) is 5.32 Å². The maximum Gasteiger partial charge on any atom is 0.325 e. The van der Waals surface area contributed by atoms with Crippen LogP contribution in [0.15, 0.2) is 0 Å². The van der Waals surface area contributed by atoms with Gasteiger partial charge in [0.25, 0.3) is 5.91 Å². The van der Waals surface area contributed by atoms with Crippen molar-refractivity contribution in [2.45, 2.75) is 57.5 Å². The van der Waals surface area contributed by atoms with Crippen LogP contribution in [0.5, 0.6) is 0 Å². The summed E-state index contributed by atoms with van der Waals surface area (Å²) in [6.07, 6.45) is 4.98. The van der Waals surface area contributed by atoms with Crippen LogP contribution in [-0.2, 0) is 14.4 Å². The molecule has 2 saturated heterocycles. The van der Waals surface area contributed by atoms with Crippen molar-refractivity contribution in [3.05, 3.63) is 0 Å². The van der Waals surface area contributed by atoms with Gasteiger partial charge in [-0.2, -0.15) is 0 Å². The second-order valence-electron chi connectivity index (χ2n) is 8.28. The number of imide groups is 1. The molecule has 1 aliphatic carbocycles. The molecule has 0 bridgehead atoms. The van der Waals surface area contributed by atoms with Crippen molar-refractivity contribution < 1.29 is 19.2 Å². The summed E-state index contributed by atoms with van der Waals surface area (Å²) in [6.45, 7) is 4.11. The second-order valence-corrected chi connectivity index (χ2v) is 8.28. The molecule has 144 valence electrons. The highest BCUT2D eigenvalue weighted by atomic mass is 16.2. The summed E-state index contributed by atoms with van der Waals surface area (Å²) in [5.74, 6) is -0.402. The first-order valence-corrected chi connectivity index (χ1v) is 9.36. The van der Waals surface area contributed by atoms with E-state index in [0.717, 1.165) is 17.7 Å². The van der Waals surface area contributed by atoms with Gasteiger partial charge in [0.05, 0.1) is 0 Å². The molecule has 2 aliphatic heterocycles. The summed E-state index contributed by atoms with van der Waals surface area (Å²) in [7, 11) is 1.66. The van der Waals surface area contributed by atoms with Crippen LogP contribution in [-0.4, -0.2) is 76.7 Å². The zero-order valence-corrected chi connectivity index (χ0v) is 15.8. The SMILES string of the molecule is CN(CC1CC(=O)N(C2CCCC2)C1)C(=O)CN1C(=O)NC(C)(C)C1=O. The molecule has 3 aliphatic rings. The normalized spacial score (nSPS) is 26.0. The Morgan fingerprint density at radius 2 is 1.88 bits per heavy atom. The van der Waals surface area contributed by atoms with E-state index in [9.17, 15) is 19.2 Å². The largest absolute Gasteiger partial charge is 0.344 e. The molecule has 8 heteroatoms. The molecule has 0 aromatic rings. The average Bonchev–Trinajstić information content (AvgIpc) is 3.23. The number of nitrogens with one attached hydrogen (secondary N) is 1. The molecular formula is C18H28N4O4. The van der Waals surface area contributed by atoms with E-state index in [-0.39, 0.29) is 24.3 Å². The van der Waals surface area contributed by atoms with Gasteiger partial charge in [0.15, 0.2) is 0 Å². The van der Waals surface area contributed by atoms with Crippen molar-refractivity contribution in [1.29, 1.82) is 0 Å². The fourth-order valence-corrected chi connectivity index (χ4v) is 4.21. The van der Waals surface area contributed by atoms with Gasteiger partial charge in [0.1, 0.15) is 12.1 Å². The summed E-state index contributed by atoms with van der Waals surface area (Å²) in [4.78, 5) is 53.3. The van der Waals surface area contributed by atoms with E-state index >= 15 is 0 Å². The maximum atomic E-state index is 12.5. The lowest BCUT2D eigenvalue weighted by Gasteiger charge is -2.26. The van der Waals surface area contributed by atoms with E-state index in [4.69, 9.17) is 0 Å². The van der Waals surface area contributed by atoms with Crippen LogP contribution in [0.2, 0.25) is 0 Å². The van der Waals surface area contributed by atoms with Gasteiger partial charge < -0.3 is 15.1 Å². The van der Waals surface area contributed by atoms with Crippen LogP contribution in [0.3, 0.4) is 0 Å². The molecule has 1 N–H and O–H groups in total. The summed E-state index contributed by atoms with van der Waals surface area (Å²) >= 11 is 0. The minimum Gasteiger partial charge on any atom is -0.344 e. The third-order valence-electron chi connectivity index (χ3n) is 5.70. The lowest BCUT2D eigenvalue weighted by atomic mass is 10.1. The zero-order chi connectivity index (χ0) is 19.1. The number of rotatable bonds is 5. The van der Waals surface area contributed by atoms with Crippen molar-refractivity contribution in [1.82, 2.24) is 20.0 Å². The van der Waals surface area contributed by atoms with Crippen LogP contribution in [0.25, 0.3) is 0 Å². The monoisotopic (exact) mass is 364 g/mol. The average molecular weight is 364 g/mol. The Hall–Kier alpha value is -2.12. The van der Waals surface area contributed by atoms with Gasteiger partial charge in [-0.15, -0.1) is 0 Å². The molecular weight excluding hydrogens is 336 g/mol. The predicted octanol–water partition coefficient (Wildman–Crippen LogP) is 0.566. The highest BCUT2D eigenvalue weighted by Crippen LogP contribution is 2.29. The molecule has 1 saturated carbocycles. The molecule has 3 fully saturated rings. The smallest absolute Gasteiger partial charge is 0.325 e. The Balaban J connectivity index is 1.52. The Bertz CT molecular complexity index is 627. The quantitative estimate of drug-likeness (QED) is 0.722. The second kappa shape index (κ2) is 6.89. The third kappa shape index (κ3) is 3.54. The molecule has 2 heterocycles. The lowest BCUT2D eigenvalue weighted by Crippen LogP contribution is -2.44. The molecule has 0 aromatic heterocycles. The first-order valence-electron chi connectivity index (χ1n) is 9.36. The number of urea groups is 1. The van der Waals surface area contributed by atoms with Gasteiger partial charge in [0, 0.05) is 38.5 Å². The number of carbonyl (C=O) groups is 4. The first-order chi connectivity index (χ1) is 12.2. The molecule has 5 amide bonds. The zero-order valence-electron chi connectivity index (χ0n) is 15.8. The van der Waals surface area contributed by atoms with Gasteiger partial charge in [-0.3, -0.25) is 19.3 Å². The third-order valence-corrected chi connectivity index (χ3v) is 5.70. The molecule has 1 atom stereocenters. The van der Waals surface area contributed by atoms with Crippen molar-refractivity contribution in [3.63, 3.8) is 0 Å². The summed E-state index contributed by atoms with van der Waals surface area (Å²) < 4.78 is 0. The fourth-order valence-electron chi connectivity index (χ4n) is 4.21. The van der Waals surface area contributed by atoms with Gasteiger partial charge >= 0.3 is 6.03 Å². The summed E-state index contributed by atoms with van der Waals surface area (Å²) in [5.41, 5.74) is -0.977. The minimum atomic E-state index is -0.977. The Kier molecular flexibility index (Phi) is 4.94. The molecule has 26 heavy (non-hydrogen) atoms. The number of nitrogens with zero attached hydrogens (tertiary/aromatic N) is 3. The Morgan fingerprint density at radius 3 is 2.46 bits per heavy atom. The van der Waals surface area contributed by atoms with Crippen LogP contribution >= 0.6 is 0 Å². The highest BCUT2D eigenvalue weighted by Gasteiger charge is 2.45. The highest BCUT2D eigenvalue weighted by molar-refractivity contribution is 6.08. The number of hydrogen-bond acceptors (Lipinski definition) is 4. The van der Waals surface area contributed by atoms with Gasteiger partial charge in [-0.1, -0.05) is 12.8 Å². The van der Waals surface area contributed by atoms with Crippen LogP contribution in [0.1, 0.15) is 46.0 Å². The van der Waals surface area contributed by atoms with Crippen LogP contribution in [0.4, 0.5) is 4.79 Å². The van der Waals surface area contributed by atoms with Gasteiger partial charge in [-0.05, 0) is 26.7 Å². The van der Waals surface area contributed by atoms with Crippen molar-refractivity contribution in [2.24, 2.45) is 5.92 Å². The van der Waals surface area contributed by atoms with Gasteiger partial charge in [0.2, 0.25) is 11.8 Å². The topological polar surface area (TPSA) is 90.0 Å². The molecule has 0 radical (unpaired) electrons. The Morgan fingerprint density at radius 1 is 1.23 bits per heavy atom. The Labute approximate surface area is 153 Å². The number of likely N-dealkylation sites (tertiary alicyclic amines) is 1. The van der Waals surface area contributed by atoms with Gasteiger partial charge in [-0.25, -0.2) is 4.79 Å². The standard InChI is InChI=1S/C18H28N4O4/c1-18(2)16(25)22(17(26)19-18)11-15(24)20(3)9-12-8-14(23)21(10-12)13-6-4-5-7-13/h12-13H,4-11H2,1-3H3,(H,19,26). The van der Waals surface area contributed by atoms with Crippen LogP contribution in [0, 0.1) is 5.92 Å². The summed E-state index contributed by atoms with van der Waals surface area (Å²) in [5, 5.41) is 2.57. The first kappa shape index (κ1) is 18.7. The van der Waals surface area contributed by atoms with E-state index in [1.165, 1.54) is 17.7 Å². The van der Waals surface area contributed by atoms with Crippen molar-refractivity contribution >= 4 is 23.8 Å². The van der Waals surface area contributed by atoms with Crippen LogP contribution < -0.4 is 5.32 Å². The molecule has 1 unspecified atom stereocenters. The van der Waals surface area contributed by atoms with E-state index in [0.29, 0.717) is 25.6 Å². The molecule has 0 aromatic carbocycles. The number of hydrogen-bond donors (Lipinski definition) is 1. The summed E-state index contributed by atoms with van der Waals surface area (Å²) in [6, 6.07) is -0.174. The van der Waals surface area contributed by atoms with E-state index < -0.39 is 17.5 Å². The predicted molar refractivity (Wildman–Crippen MR) is 94.0 cm³/mol. The van der Waals surface area contributed by atoms with E-state index in [1.54, 1.807) is 20.9 Å². The lowest BCUT2D eigenvalue weighted by molar-refractivity contribution is -0.138. The van der Waals surface area contributed by atoms with Crippen molar-refractivity contribution in [2.75, 3.05) is 26.7 Å². The van der Waals surface area contributed by atoms with E-state index in [1.807, 2.05) is 4.90 Å². The molecule has 8 nitrogen and oxygen atoms in total. The molecule has 3 rings (SSSR count). The molecule has 0 spiro atoms.